The number of nitrogens with zero attached hydrogens (tertiary/aromatic N) is 2. The van der Waals surface area contributed by atoms with Crippen molar-refractivity contribution in [1.29, 1.82) is 0 Å². The number of hydrogen-bond acceptors (Lipinski definition) is 3. The second kappa shape index (κ2) is 4.14. The molecule has 1 fully saturated rings. The number of thiol groups is 1. The molecule has 0 saturated carbocycles. The van der Waals surface area contributed by atoms with Gasteiger partial charge in [0.25, 0.3) is 0 Å². The minimum atomic E-state index is 0.127. The summed E-state index contributed by atoms with van der Waals surface area (Å²) in [5, 5.41) is 0.139. The van der Waals surface area contributed by atoms with Gasteiger partial charge in [-0.2, -0.15) is 12.6 Å². The molecule has 0 N–H and O–H groups in total. The number of pyridine rings is 1. The summed E-state index contributed by atoms with van der Waals surface area (Å²) in [7, 11) is 0. The predicted octanol–water partition coefficient (Wildman–Crippen LogP) is 2.19. The number of carbonyl (C=O) groups is 1. The maximum Gasteiger partial charge on any atom is 0.228 e. The lowest BCUT2D eigenvalue weighted by Gasteiger charge is -2.17. The molecule has 1 aliphatic heterocycles. The van der Waals surface area contributed by atoms with Crippen LogP contribution in [-0.4, -0.2) is 22.7 Å². The third kappa shape index (κ3) is 2.18. The van der Waals surface area contributed by atoms with Gasteiger partial charge in [-0.3, -0.25) is 4.79 Å². The number of halogens is 1. The zero-order valence-corrected chi connectivity index (χ0v) is 10.8. The molecular weight excluding hydrogens is 276 g/mol. The van der Waals surface area contributed by atoms with Crippen LogP contribution in [0.25, 0.3) is 0 Å². The standard InChI is InChI=1S/C10H11BrN2OS/c1-6-2-9(11)12-4-8(6)13-5-7(15)3-10(13)14/h2,4,7,15H,3,5H2,1H3. The van der Waals surface area contributed by atoms with Crippen molar-refractivity contribution >= 4 is 40.2 Å². The first kappa shape index (κ1) is 11.0. The first-order valence-corrected chi connectivity index (χ1v) is 5.99. The summed E-state index contributed by atoms with van der Waals surface area (Å²) in [5.74, 6) is 0.127. The van der Waals surface area contributed by atoms with Crippen molar-refractivity contribution in [1.82, 2.24) is 4.98 Å². The van der Waals surface area contributed by atoms with Gasteiger partial charge in [0.05, 0.1) is 11.9 Å². The van der Waals surface area contributed by atoms with Crippen LogP contribution in [0.4, 0.5) is 5.69 Å². The van der Waals surface area contributed by atoms with Gasteiger partial charge in [0.15, 0.2) is 0 Å². The Balaban J connectivity index is 2.34. The SMILES string of the molecule is Cc1cc(Br)ncc1N1CC(S)CC1=O. The third-order valence-corrected chi connectivity index (χ3v) is 3.22. The molecule has 0 spiro atoms. The molecule has 1 aromatic rings. The van der Waals surface area contributed by atoms with Gasteiger partial charge in [0.2, 0.25) is 5.91 Å². The fraction of sp³-hybridized carbons (Fsp3) is 0.400. The normalized spacial score (nSPS) is 21.1. The van der Waals surface area contributed by atoms with Gasteiger partial charge < -0.3 is 4.90 Å². The van der Waals surface area contributed by atoms with Crippen LogP contribution in [0.2, 0.25) is 0 Å². The lowest BCUT2D eigenvalue weighted by molar-refractivity contribution is -0.117. The largest absolute Gasteiger partial charge is 0.309 e. The minimum absolute atomic E-state index is 0.127. The quantitative estimate of drug-likeness (QED) is 0.634. The van der Waals surface area contributed by atoms with Crippen LogP contribution >= 0.6 is 28.6 Å². The van der Waals surface area contributed by atoms with Crippen molar-refractivity contribution in [2.24, 2.45) is 0 Å². The molecule has 80 valence electrons. The molecule has 1 unspecified atom stereocenters. The minimum Gasteiger partial charge on any atom is -0.309 e. The van der Waals surface area contributed by atoms with E-state index in [4.69, 9.17) is 0 Å². The topological polar surface area (TPSA) is 33.2 Å². The highest BCUT2D eigenvalue weighted by Crippen LogP contribution is 2.27. The van der Waals surface area contributed by atoms with E-state index >= 15 is 0 Å². The first-order chi connectivity index (χ1) is 7.08. The molecule has 1 amide bonds. The summed E-state index contributed by atoms with van der Waals surface area (Å²) in [6.45, 7) is 2.65. The predicted molar refractivity (Wildman–Crippen MR) is 66.4 cm³/mol. The van der Waals surface area contributed by atoms with Gasteiger partial charge >= 0.3 is 0 Å². The van der Waals surface area contributed by atoms with Gasteiger partial charge in [0.1, 0.15) is 4.60 Å². The molecule has 0 radical (unpaired) electrons. The highest BCUT2D eigenvalue weighted by atomic mass is 79.9. The van der Waals surface area contributed by atoms with Crippen molar-refractivity contribution in [3.05, 3.63) is 22.4 Å². The van der Waals surface area contributed by atoms with Crippen LogP contribution in [0.3, 0.4) is 0 Å². The average Bonchev–Trinajstić information content (AvgIpc) is 2.45. The van der Waals surface area contributed by atoms with Crippen molar-refractivity contribution in [3.8, 4) is 0 Å². The molecule has 0 bridgehead atoms. The fourth-order valence-electron chi connectivity index (χ4n) is 1.72. The number of rotatable bonds is 1. The molecular formula is C10H11BrN2OS. The fourth-order valence-corrected chi connectivity index (χ4v) is 2.48. The zero-order chi connectivity index (χ0) is 11.0. The molecule has 1 atom stereocenters. The van der Waals surface area contributed by atoms with Crippen molar-refractivity contribution in [3.63, 3.8) is 0 Å². The second-order valence-electron chi connectivity index (χ2n) is 3.66. The highest BCUT2D eigenvalue weighted by Gasteiger charge is 2.29. The lowest BCUT2D eigenvalue weighted by Crippen LogP contribution is -2.25. The van der Waals surface area contributed by atoms with E-state index in [0.29, 0.717) is 13.0 Å². The van der Waals surface area contributed by atoms with E-state index in [2.05, 4.69) is 33.5 Å². The number of amides is 1. The third-order valence-electron chi connectivity index (χ3n) is 2.45. The van der Waals surface area contributed by atoms with E-state index in [9.17, 15) is 4.79 Å². The molecule has 15 heavy (non-hydrogen) atoms. The monoisotopic (exact) mass is 286 g/mol. The molecule has 5 heteroatoms. The molecule has 1 aliphatic rings. The van der Waals surface area contributed by atoms with Crippen LogP contribution in [0.5, 0.6) is 0 Å². The smallest absolute Gasteiger partial charge is 0.228 e. The summed E-state index contributed by atoms with van der Waals surface area (Å²) >= 11 is 7.63. The summed E-state index contributed by atoms with van der Waals surface area (Å²) in [6, 6.07) is 1.91. The average molecular weight is 287 g/mol. The van der Waals surface area contributed by atoms with E-state index in [1.807, 2.05) is 13.0 Å². The Morgan fingerprint density at radius 1 is 1.67 bits per heavy atom. The van der Waals surface area contributed by atoms with Crippen molar-refractivity contribution in [2.45, 2.75) is 18.6 Å². The van der Waals surface area contributed by atoms with Crippen LogP contribution in [0.15, 0.2) is 16.9 Å². The van der Waals surface area contributed by atoms with Gasteiger partial charge in [-0.05, 0) is 34.5 Å². The Hall–Kier alpha value is -0.550. The summed E-state index contributed by atoms with van der Waals surface area (Å²) in [6.07, 6.45) is 2.24. The Morgan fingerprint density at radius 2 is 2.40 bits per heavy atom. The van der Waals surface area contributed by atoms with Crippen LogP contribution in [-0.2, 0) is 4.79 Å². The van der Waals surface area contributed by atoms with Crippen LogP contribution < -0.4 is 4.90 Å². The zero-order valence-electron chi connectivity index (χ0n) is 8.27. The molecule has 3 nitrogen and oxygen atoms in total. The Labute approximate surface area is 102 Å². The molecule has 1 saturated heterocycles. The summed E-state index contributed by atoms with van der Waals surface area (Å²) in [4.78, 5) is 17.6. The number of aryl methyl sites for hydroxylation is 1. The van der Waals surface area contributed by atoms with Gasteiger partial charge in [0, 0.05) is 18.2 Å². The van der Waals surface area contributed by atoms with Crippen LogP contribution in [0.1, 0.15) is 12.0 Å². The molecule has 2 rings (SSSR count). The molecule has 1 aromatic heterocycles. The molecule has 0 aromatic carbocycles. The second-order valence-corrected chi connectivity index (χ2v) is 5.20. The van der Waals surface area contributed by atoms with Gasteiger partial charge in [-0.25, -0.2) is 4.98 Å². The van der Waals surface area contributed by atoms with Crippen molar-refractivity contribution in [2.75, 3.05) is 11.4 Å². The van der Waals surface area contributed by atoms with E-state index in [1.54, 1.807) is 11.1 Å². The summed E-state index contributed by atoms with van der Waals surface area (Å²) in [5.41, 5.74) is 1.94. The summed E-state index contributed by atoms with van der Waals surface area (Å²) < 4.78 is 0.790. The van der Waals surface area contributed by atoms with Crippen LogP contribution in [0, 0.1) is 6.92 Å². The first-order valence-electron chi connectivity index (χ1n) is 4.68. The van der Waals surface area contributed by atoms with E-state index in [1.165, 1.54) is 0 Å². The van der Waals surface area contributed by atoms with Gasteiger partial charge in [-0.1, -0.05) is 0 Å². The maximum absolute atomic E-state index is 11.7. The highest BCUT2D eigenvalue weighted by molar-refractivity contribution is 9.10. The van der Waals surface area contributed by atoms with E-state index in [-0.39, 0.29) is 11.2 Å². The Morgan fingerprint density at radius 3 is 2.93 bits per heavy atom. The van der Waals surface area contributed by atoms with E-state index < -0.39 is 0 Å². The molecule has 2 heterocycles. The van der Waals surface area contributed by atoms with Gasteiger partial charge in [-0.15, -0.1) is 0 Å². The number of carbonyl (C=O) groups excluding carboxylic acids is 1. The number of aromatic nitrogens is 1. The number of anilines is 1. The molecule has 0 aliphatic carbocycles. The maximum atomic E-state index is 11.7. The number of hydrogen-bond donors (Lipinski definition) is 1. The lowest BCUT2D eigenvalue weighted by atomic mass is 10.2. The Bertz CT molecular complexity index is 410. The Kier molecular flexibility index (Phi) is 3.02. The van der Waals surface area contributed by atoms with E-state index in [0.717, 1.165) is 15.9 Å². The van der Waals surface area contributed by atoms with Crippen molar-refractivity contribution < 1.29 is 4.79 Å².